The summed E-state index contributed by atoms with van der Waals surface area (Å²) >= 11 is 0. The molecule has 2 atom stereocenters. The SMILES string of the molecule is CC(C)(C)OC(=O)N1[C@H](c2cc(F)cc(F)c2)CC[C@@H]1C(C)(C)O. The maximum Gasteiger partial charge on any atom is 0.411 e. The van der Waals surface area contributed by atoms with E-state index >= 15 is 0 Å². The number of aliphatic hydroxyl groups is 1. The highest BCUT2D eigenvalue weighted by atomic mass is 19.1. The molecule has 134 valence electrons. The molecule has 2 rings (SSSR count). The van der Waals surface area contributed by atoms with Crippen molar-refractivity contribution in [1.82, 2.24) is 4.90 Å². The van der Waals surface area contributed by atoms with Crippen LogP contribution in [0.5, 0.6) is 0 Å². The lowest BCUT2D eigenvalue weighted by Crippen LogP contribution is -2.50. The van der Waals surface area contributed by atoms with Crippen LogP contribution in [0.2, 0.25) is 0 Å². The maximum absolute atomic E-state index is 13.6. The van der Waals surface area contributed by atoms with E-state index in [1.54, 1.807) is 34.6 Å². The quantitative estimate of drug-likeness (QED) is 0.878. The third kappa shape index (κ3) is 4.23. The zero-order valence-electron chi connectivity index (χ0n) is 14.8. The molecular formula is C18H25F2NO3. The van der Waals surface area contributed by atoms with Crippen molar-refractivity contribution in [3.8, 4) is 0 Å². The van der Waals surface area contributed by atoms with E-state index in [-0.39, 0.29) is 0 Å². The second kappa shape index (κ2) is 6.31. The van der Waals surface area contributed by atoms with Crippen molar-refractivity contribution >= 4 is 6.09 Å². The molecule has 1 aliphatic rings. The van der Waals surface area contributed by atoms with Crippen LogP contribution >= 0.6 is 0 Å². The van der Waals surface area contributed by atoms with Crippen LogP contribution < -0.4 is 0 Å². The van der Waals surface area contributed by atoms with Gasteiger partial charge < -0.3 is 9.84 Å². The van der Waals surface area contributed by atoms with Crippen LogP contribution in [0.3, 0.4) is 0 Å². The first-order valence-electron chi connectivity index (χ1n) is 8.08. The second-order valence-electron chi connectivity index (χ2n) is 7.85. The second-order valence-corrected chi connectivity index (χ2v) is 7.85. The summed E-state index contributed by atoms with van der Waals surface area (Å²) in [5.41, 5.74) is -1.50. The molecule has 1 N–H and O–H groups in total. The summed E-state index contributed by atoms with van der Waals surface area (Å²) < 4.78 is 32.6. The zero-order chi connectivity index (χ0) is 18.3. The van der Waals surface area contributed by atoms with E-state index in [0.29, 0.717) is 18.4 Å². The number of nitrogens with zero attached hydrogens (tertiary/aromatic N) is 1. The molecule has 0 aliphatic carbocycles. The first-order chi connectivity index (χ1) is 10.9. The van der Waals surface area contributed by atoms with Crippen molar-refractivity contribution < 1.29 is 23.4 Å². The van der Waals surface area contributed by atoms with Gasteiger partial charge in [0.25, 0.3) is 0 Å². The molecule has 6 heteroatoms. The lowest BCUT2D eigenvalue weighted by molar-refractivity contribution is -0.0331. The number of ether oxygens (including phenoxy) is 1. The molecule has 0 spiro atoms. The molecular weight excluding hydrogens is 316 g/mol. The smallest absolute Gasteiger partial charge is 0.411 e. The number of halogens is 2. The molecule has 1 aliphatic heterocycles. The van der Waals surface area contributed by atoms with Gasteiger partial charge in [-0.25, -0.2) is 13.6 Å². The molecule has 0 bridgehead atoms. The number of rotatable bonds is 2. The number of hydrogen-bond donors (Lipinski definition) is 1. The highest BCUT2D eigenvalue weighted by Crippen LogP contribution is 2.41. The maximum atomic E-state index is 13.6. The van der Waals surface area contributed by atoms with Gasteiger partial charge in [-0.05, 0) is 65.2 Å². The molecule has 24 heavy (non-hydrogen) atoms. The van der Waals surface area contributed by atoms with Gasteiger partial charge in [0.15, 0.2) is 0 Å². The van der Waals surface area contributed by atoms with E-state index in [4.69, 9.17) is 4.74 Å². The van der Waals surface area contributed by atoms with Gasteiger partial charge in [-0.2, -0.15) is 0 Å². The Bertz CT molecular complexity index is 599. The van der Waals surface area contributed by atoms with E-state index in [0.717, 1.165) is 6.07 Å². The minimum atomic E-state index is -1.16. The van der Waals surface area contributed by atoms with Crippen molar-refractivity contribution in [2.45, 2.75) is 70.7 Å². The number of likely N-dealkylation sites (tertiary alicyclic amines) is 1. The van der Waals surface area contributed by atoms with Crippen LogP contribution in [0, 0.1) is 11.6 Å². The van der Waals surface area contributed by atoms with E-state index in [1.165, 1.54) is 17.0 Å². The Hall–Kier alpha value is -1.69. The van der Waals surface area contributed by atoms with Crippen molar-refractivity contribution in [3.63, 3.8) is 0 Å². The molecule has 1 heterocycles. The Labute approximate surface area is 141 Å². The highest BCUT2D eigenvalue weighted by molar-refractivity contribution is 5.70. The number of hydrogen-bond acceptors (Lipinski definition) is 3. The Morgan fingerprint density at radius 3 is 2.12 bits per heavy atom. The van der Waals surface area contributed by atoms with E-state index in [1.807, 2.05) is 0 Å². The number of benzene rings is 1. The molecule has 1 aromatic rings. The van der Waals surface area contributed by atoms with Crippen molar-refractivity contribution in [3.05, 3.63) is 35.4 Å². The van der Waals surface area contributed by atoms with Crippen LogP contribution in [0.15, 0.2) is 18.2 Å². The summed E-state index contributed by atoms with van der Waals surface area (Å²) in [6, 6.07) is 2.20. The molecule has 1 fully saturated rings. The van der Waals surface area contributed by atoms with Gasteiger partial charge in [0.2, 0.25) is 0 Å². The first-order valence-corrected chi connectivity index (χ1v) is 8.08. The summed E-state index contributed by atoms with van der Waals surface area (Å²) in [4.78, 5) is 14.1. The predicted molar refractivity (Wildman–Crippen MR) is 86.5 cm³/mol. The third-order valence-electron chi connectivity index (χ3n) is 4.07. The van der Waals surface area contributed by atoms with Crippen LogP contribution in [-0.4, -0.2) is 33.3 Å². The Morgan fingerprint density at radius 1 is 1.12 bits per heavy atom. The van der Waals surface area contributed by atoms with Crippen molar-refractivity contribution in [1.29, 1.82) is 0 Å². The van der Waals surface area contributed by atoms with Crippen LogP contribution in [0.25, 0.3) is 0 Å². The minimum Gasteiger partial charge on any atom is -0.444 e. The Kier molecular flexibility index (Phi) is 4.91. The van der Waals surface area contributed by atoms with Crippen LogP contribution in [0.4, 0.5) is 13.6 Å². The van der Waals surface area contributed by atoms with Gasteiger partial charge in [0.1, 0.15) is 17.2 Å². The minimum absolute atomic E-state index is 0.366. The van der Waals surface area contributed by atoms with Gasteiger partial charge in [-0.1, -0.05) is 0 Å². The first kappa shape index (κ1) is 18.6. The van der Waals surface area contributed by atoms with Gasteiger partial charge in [0, 0.05) is 6.07 Å². The molecule has 1 amide bonds. The van der Waals surface area contributed by atoms with Crippen molar-refractivity contribution in [2.75, 3.05) is 0 Å². The van der Waals surface area contributed by atoms with Gasteiger partial charge >= 0.3 is 6.09 Å². The monoisotopic (exact) mass is 341 g/mol. The zero-order valence-corrected chi connectivity index (χ0v) is 14.8. The molecule has 4 nitrogen and oxygen atoms in total. The average molecular weight is 341 g/mol. The van der Waals surface area contributed by atoms with E-state index < -0.39 is 41.0 Å². The summed E-state index contributed by atoms with van der Waals surface area (Å²) in [6.07, 6.45) is 0.421. The third-order valence-corrected chi connectivity index (χ3v) is 4.07. The van der Waals surface area contributed by atoms with Crippen LogP contribution in [0.1, 0.15) is 59.1 Å². The predicted octanol–water partition coefficient (Wildman–Crippen LogP) is 4.18. The normalized spacial score (nSPS) is 21.9. The Morgan fingerprint density at radius 2 is 1.67 bits per heavy atom. The van der Waals surface area contributed by atoms with Gasteiger partial charge in [-0.3, -0.25) is 4.90 Å². The number of carbonyl (C=O) groups excluding carboxylic acids is 1. The summed E-state index contributed by atoms with van der Waals surface area (Å²) in [6.45, 7) is 8.47. The molecule has 0 unspecified atom stereocenters. The summed E-state index contributed by atoms with van der Waals surface area (Å²) in [5, 5.41) is 10.4. The average Bonchev–Trinajstić information content (AvgIpc) is 2.79. The standard InChI is InChI=1S/C18H25F2NO3/c1-17(2,3)24-16(22)21-14(6-7-15(21)18(4,5)23)11-8-12(19)10-13(20)9-11/h8-10,14-15,23H,6-7H2,1-5H3/t14-,15+/m0/s1. The van der Waals surface area contributed by atoms with Crippen molar-refractivity contribution in [2.24, 2.45) is 0 Å². The molecule has 1 saturated heterocycles. The van der Waals surface area contributed by atoms with E-state index in [9.17, 15) is 18.7 Å². The van der Waals surface area contributed by atoms with Crippen LogP contribution in [-0.2, 0) is 4.74 Å². The van der Waals surface area contributed by atoms with Gasteiger partial charge in [-0.15, -0.1) is 0 Å². The fourth-order valence-corrected chi connectivity index (χ4v) is 3.17. The summed E-state index contributed by atoms with van der Waals surface area (Å²) in [7, 11) is 0. The lowest BCUT2D eigenvalue weighted by Gasteiger charge is -2.37. The Balaban J connectivity index is 2.40. The molecule has 0 radical (unpaired) electrons. The highest BCUT2D eigenvalue weighted by Gasteiger charge is 2.46. The molecule has 1 aromatic carbocycles. The number of carbonyl (C=O) groups is 1. The lowest BCUT2D eigenvalue weighted by atomic mass is 9.97. The number of amides is 1. The fourth-order valence-electron chi connectivity index (χ4n) is 3.17. The van der Waals surface area contributed by atoms with Gasteiger partial charge in [0.05, 0.1) is 17.7 Å². The largest absolute Gasteiger partial charge is 0.444 e. The topological polar surface area (TPSA) is 49.8 Å². The van der Waals surface area contributed by atoms with E-state index in [2.05, 4.69) is 0 Å². The molecule has 0 aromatic heterocycles. The summed E-state index contributed by atoms with van der Waals surface area (Å²) in [5.74, 6) is -1.39. The fraction of sp³-hybridized carbons (Fsp3) is 0.611. The molecule has 0 saturated carbocycles.